The van der Waals surface area contributed by atoms with Gasteiger partial charge < -0.3 is 10.8 Å². The fourth-order valence-electron chi connectivity index (χ4n) is 2.07. The summed E-state index contributed by atoms with van der Waals surface area (Å²) in [6, 6.07) is 1.19. The molecule has 0 spiro atoms. The molecule has 104 valence electrons. The normalized spacial score (nSPS) is 16.4. The van der Waals surface area contributed by atoms with Crippen molar-refractivity contribution in [2.75, 3.05) is 31.1 Å². The molecular weight excluding hydrogens is 267 g/mol. The Kier molecular flexibility index (Phi) is 4.44. The summed E-state index contributed by atoms with van der Waals surface area (Å²) in [6.45, 7) is 3.82. The van der Waals surface area contributed by atoms with E-state index < -0.39 is 0 Å². The van der Waals surface area contributed by atoms with Gasteiger partial charge in [-0.2, -0.15) is 0 Å². The molecular formula is C13H17FN2O2S. The first-order chi connectivity index (χ1) is 9.02. The number of β-amino-alcohol motifs (C(OH)–C–C–N with tert-alkyl or cyclic N) is 1. The van der Waals surface area contributed by atoms with Crippen LogP contribution in [-0.2, 0) is 0 Å². The smallest absolute Gasteiger partial charge is 0.153 e. The van der Waals surface area contributed by atoms with E-state index in [4.69, 9.17) is 5.73 Å². The maximum Gasteiger partial charge on any atom is 0.153 e. The number of benzene rings is 1. The highest BCUT2D eigenvalue weighted by molar-refractivity contribution is 7.99. The minimum atomic E-state index is -0.384. The Morgan fingerprint density at radius 3 is 2.89 bits per heavy atom. The molecule has 1 aromatic rings. The molecule has 6 heteroatoms. The molecule has 1 fully saturated rings. The number of aldehydes is 1. The Balaban J connectivity index is 2.04. The molecule has 0 radical (unpaired) electrons. The maximum absolute atomic E-state index is 13.6. The second-order valence-electron chi connectivity index (χ2n) is 4.70. The predicted octanol–water partition coefficient (Wildman–Crippen LogP) is 1.30. The number of halogens is 1. The third-order valence-corrected chi connectivity index (χ3v) is 4.45. The van der Waals surface area contributed by atoms with Crippen molar-refractivity contribution in [3.63, 3.8) is 0 Å². The van der Waals surface area contributed by atoms with Gasteiger partial charge in [0.1, 0.15) is 5.82 Å². The highest BCUT2D eigenvalue weighted by Crippen LogP contribution is 2.31. The maximum atomic E-state index is 13.6. The number of thioether (sulfide) groups is 1. The van der Waals surface area contributed by atoms with Gasteiger partial charge >= 0.3 is 0 Å². The number of hydrogen-bond donors (Lipinski definition) is 2. The Morgan fingerprint density at radius 2 is 2.32 bits per heavy atom. The van der Waals surface area contributed by atoms with Crippen molar-refractivity contribution in [2.45, 2.75) is 17.9 Å². The Hall–Kier alpha value is -1.11. The third-order valence-electron chi connectivity index (χ3n) is 3.25. The Morgan fingerprint density at radius 1 is 1.63 bits per heavy atom. The lowest BCUT2D eigenvalue weighted by molar-refractivity contribution is 0.00648. The van der Waals surface area contributed by atoms with Crippen molar-refractivity contribution in [3.05, 3.63) is 23.0 Å². The molecule has 19 heavy (non-hydrogen) atoms. The van der Waals surface area contributed by atoms with Crippen LogP contribution < -0.4 is 5.73 Å². The molecule has 1 aliphatic rings. The van der Waals surface area contributed by atoms with Crippen molar-refractivity contribution in [3.8, 4) is 0 Å². The van der Waals surface area contributed by atoms with Gasteiger partial charge in [-0.3, -0.25) is 9.69 Å². The average molecular weight is 284 g/mol. The van der Waals surface area contributed by atoms with Gasteiger partial charge in [0.05, 0.1) is 11.7 Å². The van der Waals surface area contributed by atoms with E-state index >= 15 is 0 Å². The van der Waals surface area contributed by atoms with Gasteiger partial charge in [-0.15, -0.1) is 11.8 Å². The van der Waals surface area contributed by atoms with Gasteiger partial charge in [0.2, 0.25) is 0 Å². The van der Waals surface area contributed by atoms with Gasteiger partial charge in [0.15, 0.2) is 6.29 Å². The van der Waals surface area contributed by atoms with Crippen LogP contribution in [0.3, 0.4) is 0 Å². The second-order valence-corrected chi connectivity index (χ2v) is 5.80. The van der Waals surface area contributed by atoms with Crippen LogP contribution in [0, 0.1) is 12.7 Å². The van der Waals surface area contributed by atoms with Crippen LogP contribution in [0.25, 0.3) is 0 Å². The summed E-state index contributed by atoms with van der Waals surface area (Å²) in [4.78, 5) is 13.8. The zero-order chi connectivity index (χ0) is 14.0. The molecule has 0 atom stereocenters. The fraction of sp³-hybridized carbons (Fsp3) is 0.462. The molecule has 1 heterocycles. The number of nitrogen functional groups attached to an aromatic ring is 1. The first-order valence-corrected chi connectivity index (χ1v) is 7.08. The zero-order valence-corrected chi connectivity index (χ0v) is 11.5. The zero-order valence-electron chi connectivity index (χ0n) is 10.7. The number of nitrogens with two attached hydrogens (primary N) is 1. The van der Waals surface area contributed by atoms with Crippen LogP contribution in [-0.4, -0.2) is 47.8 Å². The van der Waals surface area contributed by atoms with Crippen LogP contribution in [0.15, 0.2) is 11.0 Å². The quantitative estimate of drug-likeness (QED) is 0.484. The van der Waals surface area contributed by atoms with Crippen molar-refractivity contribution < 1.29 is 14.3 Å². The van der Waals surface area contributed by atoms with E-state index in [0.717, 1.165) is 12.3 Å². The molecule has 4 nitrogen and oxygen atoms in total. The van der Waals surface area contributed by atoms with Gasteiger partial charge in [-0.25, -0.2) is 4.39 Å². The van der Waals surface area contributed by atoms with Gasteiger partial charge in [0.25, 0.3) is 0 Å². The Bertz CT molecular complexity index is 490. The van der Waals surface area contributed by atoms with E-state index in [1.54, 1.807) is 6.92 Å². The number of aliphatic hydroxyl groups is 1. The summed E-state index contributed by atoms with van der Waals surface area (Å²) in [5.74, 6) is 0.349. The summed E-state index contributed by atoms with van der Waals surface area (Å²) in [5, 5.41) is 9.17. The summed E-state index contributed by atoms with van der Waals surface area (Å²) >= 11 is 1.43. The number of anilines is 1. The van der Waals surface area contributed by atoms with E-state index in [0.29, 0.717) is 35.4 Å². The second kappa shape index (κ2) is 5.90. The molecule has 2 rings (SSSR count). The van der Waals surface area contributed by atoms with Crippen LogP contribution in [0.4, 0.5) is 10.1 Å². The van der Waals surface area contributed by atoms with E-state index in [1.807, 2.05) is 0 Å². The van der Waals surface area contributed by atoms with E-state index in [9.17, 15) is 14.3 Å². The molecule has 0 amide bonds. The standard InChI is InChI=1S/C13H17FN2O2S/c1-8-11(14)4-12(15)10(7-17)13(8)19-3-2-16-5-9(18)6-16/h4,7,9,18H,2-3,5-6,15H2,1H3. The van der Waals surface area contributed by atoms with Crippen LogP contribution in [0.2, 0.25) is 0 Å². The largest absolute Gasteiger partial charge is 0.398 e. The third kappa shape index (κ3) is 3.08. The summed E-state index contributed by atoms with van der Waals surface area (Å²) < 4.78 is 13.6. The van der Waals surface area contributed by atoms with Crippen LogP contribution in [0.1, 0.15) is 15.9 Å². The molecule has 0 unspecified atom stereocenters. The lowest BCUT2D eigenvalue weighted by atomic mass is 10.1. The van der Waals surface area contributed by atoms with E-state index in [-0.39, 0.29) is 17.6 Å². The minimum Gasteiger partial charge on any atom is -0.398 e. The van der Waals surface area contributed by atoms with E-state index in [1.165, 1.54) is 17.8 Å². The first kappa shape index (κ1) is 14.3. The average Bonchev–Trinajstić information content (AvgIpc) is 2.33. The molecule has 0 bridgehead atoms. The number of aliphatic hydroxyl groups excluding tert-OH is 1. The monoisotopic (exact) mass is 284 g/mol. The summed E-state index contributed by atoms with van der Waals surface area (Å²) in [5.41, 5.74) is 6.67. The number of carbonyl (C=O) groups is 1. The number of rotatable bonds is 5. The minimum absolute atomic E-state index is 0.181. The molecule has 3 N–H and O–H groups in total. The van der Waals surface area contributed by atoms with Crippen molar-refractivity contribution in [1.82, 2.24) is 4.90 Å². The molecule has 1 aliphatic heterocycles. The van der Waals surface area contributed by atoms with Gasteiger partial charge in [-0.05, 0) is 18.6 Å². The number of hydrogen-bond acceptors (Lipinski definition) is 5. The van der Waals surface area contributed by atoms with Crippen LogP contribution >= 0.6 is 11.8 Å². The predicted molar refractivity (Wildman–Crippen MR) is 74.1 cm³/mol. The molecule has 1 aromatic carbocycles. The lowest BCUT2D eigenvalue weighted by Crippen LogP contribution is -2.51. The SMILES string of the molecule is Cc1c(F)cc(N)c(C=O)c1SCCN1CC(O)C1. The van der Waals surface area contributed by atoms with Crippen LogP contribution in [0.5, 0.6) is 0 Å². The molecule has 0 aliphatic carbocycles. The van der Waals surface area contributed by atoms with Gasteiger partial charge in [0, 0.05) is 36.0 Å². The van der Waals surface area contributed by atoms with Crippen molar-refractivity contribution in [1.29, 1.82) is 0 Å². The van der Waals surface area contributed by atoms with Crippen molar-refractivity contribution >= 4 is 23.7 Å². The molecule has 0 saturated carbocycles. The highest BCUT2D eigenvalue weighted by atomic mass is 32.2. The number of nitrogens with zero attached hydrogens (tertiary/aromatic N) is 1. The molecule has 1 saturated heterocycles. The molecule has 0 aromatic heterocycles. The topological polar surface area (TPSA) is 66.6 Å². The Labute approximate surface area is 115 Å². The van der Waals surface area contributed by atoms with Crippen molar-refractivity contribution in [2.24, 2.45) is 0 Å². The number of carbonyl (C=O) groups excluding carboxylic acids is 1. The highest BCUT2D eigenvalue weighted by Gasteiger charge is 2.23. The first-order valence-electron chi connectivity index (χ1n) is 6.10. The summed E-state index contributed by atoms with van der Waals surface area (Å²) in [6.07, 6.45) is 0.458. The van der Waals surface area contributed by atoms with Gasteiger partial charge in [-0.1, -0.05) is 0 Å². The van der Waals surface area contributed by atoms with E-state index in [2.05, 4.69) is 4.90 Å². The lowest BCUT2D eigenvalue weighted by Gasteiger charge is -2.35. The fourth-order valence-corrected chi connectivity index (χ4v) is 3.26. The number of likely N-dealkylation sites (tertiary alicyclic amines) is 1. The summed E-state index contributed by atoms with van der Waals surface area (Å²) in [7, 11) is 0.